The van der Waals surface area contributed by atoms with Crippen LogP contribution in [0.1, 0.15) is 25.7 Å². The Kier molecular flexibility index (Phi) is 3.89. The Morgan fingerprint density at radius 3 is 2.67 bits per heavy atom. The molecule has 0 amide bonds. The fourth-order valence-electron chi connectivity index (χ4n) is 2.22. The molecule has 7 heteroatoms. The lowest BCUT2D eigenvalue weighted by molar-refractivity contribution is 0.429. The fourth-order valence-corrected chi connectivity index (χ4v) is 4.10. The van der Waals surface area contributed by atoms with Gasteiger partial charge in [-0.05, 0) is 25.0 Å². The molecule has 4 nitrogen and oxygen atoms in total. The Balaban J connectivity index is 2.30. The summed E-state index contributed by atoms with van der Waals surface area (Å²) in [5.41, 5.74) is -0.662. The van der Waals surface area contributed by atoms with Crippen molar-refractivity contribution in [3.05, 3.63) is 24.1 Å². The van der Waals surface area contributed by atoms with Crippen LogP contribution in [0.25, 0.3) is 0 Å². The van der Waals surface area contributed by atoms with Crippen LogP contribution >= 0.6 is 11.6 Å². The van der Waals surface area contributed by atoms with Crippen molar-refractivity contribution < 1.29 is 12.8 Å². The molecule has 1 aromatic rings. The van der Waals surface area contributed by atoms with Crippen molar-refractivity contribution in [2.75, 3.05) is 5.88 Å². The van der Waals surface area contributed by atoms with Crippen LogP contribution < -0.4 is 4.72 Å². The number of hydrogen-bond donors (Lipinski definition) is 1. The lowest BCUT2D eigenvalue weighted by atomic mass is 10.0. The van der Waals surface area contributed by atoms with E-state index in [4.69, 9.17) is 11.6 Å². The Hall–Kier alpha value is -0.720. The zero-order chi connectivity index (χ0) is 13.2. The topological polar surface area (TPSA) is 59.1 Å². The number of hydrogen-bond acceptors (Lipinski definition) is 3. The van der Waals surface area contributed by atoms with E-state index in [0.29, 0.717) is 12.8 Å². The van der Waals surface area contributed by atoms with Crippen molar-refractivity contribution in [3.63, 3.8) is 0 Å². The van der Waals surface area contributed by atoms with Crippen LogP contribution in [0.15, 0.2) is 23.4 Å². The second kappa shape index (κ2) is 5.11. The summed E-state index contributed by atoms with van der Waals surface area (Å²) in [6.45, 7) is 0. The molecule has 0 spiro atoms. The molecule has 0 saturated heterocycles. The number of sulfonamides is 1. The highest BCUT2D eigenvalue weighted by Crippen LogP contribution is 2.32. The van der Waals surface area contributed by atoms with Crippen molar-refractivity contribution in [2.24, 2.45) is 0 Å². The molecule has 1 fully saturated rings. The normalized spacial score (nSPS) is 19.0. The maximum absolute atomic E-state index is 13.5. The van der Waals surface area contributed by atoms with Gasteiger partial charge in [-0.2, -0.15) is 0 Å². The summed E-state index contributed by atoms with van der Waals surface area (Å²) in [4.78, 5) is 3.59. The van der Waals surface area contributed by atoms with Crippen molar-refractivity contribution in [2.45, 2.75) is 36.2 Å². The van der Waals surface area contributed by atoms with Crippen molar-refractivity contribution >= 4 is 21.6 Å². The van der Waals surface area contributed by atoms with Gasteiger partial charge in [0.1, 0.15) is 0 Å². The second-order valence-electron chi connectivity index (χ2n) is 4.52. The van der Waals surface area contributed by atoms with Gasteiger partial charge >= 0.3 is 0 Å². The number of aromatic nitrogens is 1. The van der Waals surface area contributed by atoms with Gasteiger partial charge in [-0.1, -0.05) is 12.8 Å². The lowest BCUT2D eigenvalue weighted by Crippen LogP contribution is -2.48. The van der Waals surface area contributed by atoms with E-state index in [1.807, 2.05) is 0 Å². The number of nitrogens with one attached hydrogen (secondary N) is 1. The van der Waals surface area contributed by atoms with E-state index in [1.54, 1.807) is 0 Å². The van der Waals surface area contributed by atoms with Crippen LogP contribution in [-0.2, 0) is 10.0 Å². The van der Waals surface area contributed by atoms with Crippen molar-refractivity contribution in [1.82, 2.24) is 9.71 Å². The molecule has 2 rings (SSSR count). The highest BCUT2D eigenvalue weighted by Gasteiger charge is 2.38. The summed E-state index contributed by atoms with van der Waals surface area (Å²) >= 11 is 5.86. The number of alkyl halides is 1. The first-order valence-electron chi connectivity index (χ1n) is 5.70. The first-order valence-corrected chi connectivity index (χ1v) is 7.71. The van der Waals surface area contributed by atoms with Crippen molar-refractivity contribution in [3.8, 4) is 0 Å². The zero-order valence-electron chi connectivity index (χ0n) is 9.70. The van der Waals surface area contributed by atoms with Gasteiger partial charge in [-0.25, -0.2) is 22.5 Å². The van der Waals surface area contributed by atoms with Gasteiger partial charge in [0.15, 0.2) is 5.82 Å². The maximum Gasteiger partial charge on any atom is 0.261 e. The molecule has 1 aliphatic carbocycles. The van der Waals surface area contributed by atoms with Crippen LogP contribution in [0.4, 0.5) is 4.39 Å². The van der Waals surface area contributed by atoms with Gasteiger partial charge in [0.2, 0.25) is 5.03 Å². The average Bonchev–Trinajstić information content (AvgIpc) is 2.78. The third kappa shape index (κ3) is 2.65. The molecule has 1 saturated carbocycles. The van der Waals surface area contributed by atoms with Crippen LogP contribution in [0, 0.1) is 5.82 Å². The van der Waals surface area contributed by atoms with E-state index in [-0.39, 0.29) is 5.88 Å². The fraction of sp³-hybridized carbons (Fsp3) is 0.545. The predicted molar refractivity (Wildman–Crippen MR) is 66.4 cm³/mol. The Morgan fingerprint density at radius 1 is 1.44 bits per heavy atom. The molecule has 100 valence electrons. The Bertz CT molecular complexity index is 530. The largest absolute Gasteiger partial charge is 0.261 e. The molecular formula is C11H14ClFN2O2S. The van der Waals surface area contributed by atoms with E-state index in [0.717, 1.165) is 18.9 Å². The van der Waals surface area contributed by atoms with Gasteiger partial charge in [-0.15, -0.1) is 11.6 Å². The first kappa shape index (κ1) is 13.7. The second-order valence-corrected chi connectivity index (χ2v) is 6.38. The van der Waals surface area contributed by atoms with Crippen LogP contribution in [-0.4, -0.2) is 24.8 Å². The molecule has 1 aromatic heterocycles. The zero-order valence-corrected chi connectivity index (χ0v) is 11.3. The number of pyridine rings is 1. The van der Waals surface area contributed by atoms with E-state index < -0.39 is 26.4 Å². The van der Waals surface area contributed by atoms with Crippen LogP contribution in [0.5, 0.6) is 0 Å². The molecule has 0 aliphatic heterocycles. The first-order chi connectivity index (χ1) is 8.49. The van der Waals surface area contributed by atoms with E-state index in [1.165, 1.54) is 12.3 Å². The maximum atomic E-state index is 13.5. The number of nitrogens with zero attached hydrogens (tertiary/aromatic N) is 1. The summed E-state index contributed by atoms with van der Waals surface area (Å²) < 4.78 is 40.2. The number of rotatable bonds is 4. The SMILES string of the molecule is O=S(=O)(NC1(CCl)CCCC1)c1ncccc1F. The molecule has 18 heavy (non-hydrogen) atoms. The number of halogens is 2. The molecule has 0 unspecified atom stereocenters. The molecule has 1 heterocycles. The summed E-state index contributed by atoms with van der Waals surface area (Å²) in [5.74, 6) is -0.673. The third-order valence-electron chi connectivity index (χ3n) is 3.15. The Morgan fingerprint density at radius 2 is 2.11 bits per heavy atom. The standard InChI is InChI=1S/C11H14ClFN2O2S/c12-8-11(5-1-2-6-11)15-18(16,17)10-9(13)4-3-7-14-10/h3-4,7,15H,1-2,5-6,8H2. The Labute approximate surface area is 111 Å². The summed E-state index contributed by atoms with van der Waals surface area (Å²) in [6, 6.07) is 2.42. The van der Waals surface area contributed by atoms with E-state index in [9.17, 15) is 12.8 Å². The molecule has 0 bridgehead atoms. The van der Waals surface area contributed by atoms with Gasteiger partial charge in [0, 0.05) is 17.6 Å². The van der Waals surface area contributed by atoms with E-state index >= 15 is 0 Å². The van der Waals surface area contributed by atoms with E-state index in [2.05, 4.69) is 9.71 Å². The van der Waals surface area contributed by atoms with Gasteiger partial charge in [0.25, 0.3) is 10.0 Å². The molecule has 1 aliphatic rings. The van der Waals surface area contributed by atoms with Crippen molar-refractivity contribution in [1.29, 1.82) is 0 Å². The minimum absolute atomic E-state index is 0.181. The van der Waals surface area contributed by atoms with Crippen LogP contribution in [0.3, 0.4) is 0 Å². The smallest absolute Gasteiger partial charge is 0.241 e. The minimum Gasteiger partial charge on any atom is -0.241 e. The molecule has 0 aromatic carbocycles. The summed E-state index contributed by atoms with van der Waals surface area (Å²) in [7, 11) is -3.97. The molecule has 0 radical (unpaired) electrons. The van der Waals surface area contributed by atoms with Crippen LogP contribution in [0.2, 0.25) is 0 Å². The monoisotopic (exact) mass is 292 g/mol. The highest BCUT2D eigenvalue weighted by molar-refractivity contribution is 7.89. The summed E-state index contributed by atoms with van der Waals surface area (Å²) in [6.07, 6.45) is 4.42. The third-order valence-corrected chi connectivity index (χ3v) is 5.17. The quantitative estimate of drug-likeness (QED) is 0.864. The molecule has 1 N–H and O–H groups in total. The van der Waals surface area contributed by atoms with Gasteiger partial charge in [-0.3, -0.25) is 0 Å². The van der Waals surface area contributed by atoms with Gasteiger partial charge < -0.3 is 0 Å². The average molecular weight is 293 g/mol. The minimum atomic E-state index is -3.97. The predicted octanol–water partition coefficient (Wildman–Crippen LogP) is 2.05. The lowest BCUT2D eigenvalue weighted by Gasteiger charge is -2.27. The summed E-state index contributed by atoms with van der Waals surface area (Å²) in [5, 5.41) is -0.568. The highest BCUT2D eigenvalue weighted by atomic mass is 35.5. The molecular weight excluding hydrogens is 279 g/mol. The molecule has 0 atom stereocenters. The van der Waals surface area contributed by atoms with Gasteiger partial charge in [0.05, 0.1) is 0 Å².